The maximum atomic E-state index is 13.1. The van der Waals surface area contributed by atoms with Crippen molar-refractivity contribution in [1.29, 1.82) is 0 Å². The first-order valence-electron chi connectivity index (χ1n) is 9.63. The topological polar surface area (TPSA) is 45.6 Å². The van der Waals surface area contributed by atoms with Crippen LogP contribution in [0.5, 0.6) is 0 Å². The van der Waals surface area contributed by atoms with Crippen molar-refractivity contribution >= 4 is 11.8 Å². The van der Waals surface area contributed by atoms with Gasteiger partial charge in [0.05, 0.1) is 5.56 Å². The highest BCUT2D eigenvalue weighted by atomic mass is 16.2. The molecule has 0 spiro atoms. The zero-order valence-corrected chi connectivity index (χ0v) is 17.0. The monoisotopic (exact) mass is 367 g/mol. The van der Waals surface area contributed by atoms with Gasteiger partial charge < -0.3 is 14.4 Å². The number of piperazine rings is 1. The van der Waals surface area contributed by atoms with Crippen LogP contribution in [0.4, 0.5) is 0 Å². The van der Waals surface area contributed by atoms with Crippen LogP contribution in [0.25, 0.3) is 5.69 Å². The van der Waals surface area contributed by atoms with Crippen LogP contribution in [0.1, 0.15) is 54.0 Å². The number of benzene rings is 1. The molecule has 1 aromatic heterocycles. The van der Waals surface area contributed by atoms with Crippen molar-refractivity contribution in [2.24, 2.45) is 0 Å². The van der Waals surface area contributed by atoms with Gasteiger partial charge in [-0.1, -0.05) is 26.0 Å². The van der Waals surface area contributed by atoms with Gasteiger partial charge in [-0.25, -0.2) is 0 Å². The Labute approximate surface area is 161 Å². The third-order valence-corrected chi connectivity index (χ3v) is 5.47. The Bertz CT molecular complexity index is 858. The van der Waals surface area contributed by atoms with Crippen molar-refractivity contribution in [2.75, 3.05) is 26.2 Å². The molecule has 2 aromatic rings. The predicted molar refractivity (Wildman–Crippen MR) is 107 cm³/mol. The fourth-order valence-corrected chi connectivity index (χ4v) is 3.79. The zero-order chi connectivity index (χ0) is 19.7. The maximum absolute atomic E-state index is 13.1. The number of aromatic nitrogens is 1. The summed E-state index contributed by atoms with van der Waals surface area (Å²) in [4.78, 5) is 28.2. The first-order chi connectivity index (χ1) is 12.8. The average Bonchev–Trinajstić information content (AvgIpc) is 2.95. The number of nitrogens with zero attached hydrogens (tertiary/aromatic N) is 3. The normalized spacial score (nSPS) is 14.7. The Balaban J connectivity index is 1.87. The van der Waals surface area contributed by atoms with Gasteiger partial charge in [0, 0.05) is 50.2 Å². The number of carbonyl (C=O) groups is 2. The first-order valence-corrected chi connectivity index (χ1v) is 9.63. The van der Waals surface area contributed by atoms with Crippen LogP contribution < -0.4 is 0 Å². The smallest absolute Gasteiger partial charge is 0.255 e. The van der Waals surface area contributed by atoms with Crippen LogP contribution in [0.15, 0.2) is 30.3 Å². The maximum Gasteiger partial charge on any atom is 0.255 e. The van der Waals surface area contributed by atoms with Gasteiger partial charge in [0.15, 0.2) is 0 Å². The largest absolute Gasteiger partial charge is 0.339 e. The van der Waals surface area contributed by atoms with Crippen LogP contribution in [-0.2, 0) is 4.79 Å². The van der Waals surface area contributed by atoms with E-state index in [1.807, 2.05) is 24.8 Å². The van der Waals surface area contributed by atoms with Gasteiger partial charge in [-0.05, 0) is 43.5 Å². The van der Waals surface area contributed by atoms with E-state index < -0.39 is 0 Å². The van der Waals surface area contributed by atoms with Gasteiger partial charge in [-0.2, -0.15) is 0 Å². The lowest BCUT2D eigenvalue weighted by molar-refractivity contribution is -0.130. The standard InChI is InChI=1S/C22H29N3O2/c1-15(2)19-7-6-8-20(14-19)25-16(3)13-21(17(25)4)22(27)24-11-9-23(10-12-24)18(5)26/h6-8,13-15H,9-12H2,1-5H3. The molecule has 144 valence electrons. The third-order valence-electron chi connectivity index (χ3n) is 5.47. The lowest BCUT2D eigenvalue weighted by Crippen LogP contribution is -2.50. The molecule has 1 saturated heterocycles. The number of hydrogen-bond donors (Lipinski definition) is 0. The van der Waals surface area contributed by atoms with Gasteiger partial charge in [-0.15, -0.1) is 0 Å². The Hall–Kier alpha value is -2.56. The molecule has 5 heteroatoms. The fourth-order valence-electron chi connectivity index (χ4n) is 3.79. The van der Waals surface area contributed by atoms with E-state index in [-0.39, 0.29) is 11.8 Å². The van der Waals surface area contributed by atoms with E-state index in [2.05, 4.69) is 42.7 Å². The molecule has 0 bridgehead atoms. The molecule has 1 aromatic carbocycles. The molecule has 0 saturated carbocycles. The van der Waals surface area contributed by atoms with Crippen LogP contribution in [0, 0.1) is 13.8 Å². The third kappa shape index (κ3) is 3.77. The van der Waals surface area contributed by atoms with Crippen molar-refractivity contribution in [3.8, 4) is 5.69 Å². The Morgan fingerprint density at radius 1 is 0.963 bits per heavy atom. The van der Waals surface area contributed by atoms with E-state index in [1.165, 1.54) is 5.56 Å². The highest BCUT2D eigenvalue weighted by Crippen LogP contribution is 2.25. The van der Waals surface area contributed by atoms with E-state index in [1.54, 1.807) is 11.8 Å². The summed E-state index contributed by atoms with van der Waals surface area (Å²) in [6.07, 6.45) is 0. The molecule has 0 unspecified atom stereocenters. The minimum absolute atomic E-state index is 0.0533. The van der Waals surface area contributed by atoms with Gasteiger partial charge in [0.1, 0.15) is 0 Å². The number of carbonyl (C=O) groups excluding carboxylic acids is 2. The van der Waals surface area contributed by atoms with Gasteiger partial charge in [-0.3, -0.25) is 9.59 Å². The molecule has 1 fully saturated rings. The Morgan fingerprint density at radius 3 is 2.19 bits per heavy atom. The van der Waals surface area contributed by atoms with E-state index in [4.69, 9.17) is 0 Å². The molecule has 2 heterocycles. The number of aryl methyl sites for hydroxylation is 1. The number of hydrogen-bond acceptors (Lipinski definition) is 2. The van der Waals surface area contributed by atoms with E-state index in [0.717, 1.165) is 22.6 Å². The van der Waals surface area contributed by atoms with Crippen LogP contribution >= 0.6 is 0 Å². The lowest BCUT2D eigenvalue weighted by Gasteiger charge is -2.34. The van der Waals surface area contributed by atoms with Crippen molar-refractivity contribution in [3.05, 3.63) is 52.8 Å². The van der Waals surface area contributed by atoms with Crippen LogP contribution in [-0.4, -0.2) is 52.4 Å². The molecule has 0 atom stereocenters. The SMILES string of the molecule is CC(=O)N1CCN(C(=O)c2cc(C)n(-c3cccc(C(C)C)c3)c2C)CC1. The summed E-state index contributed by atoms with van der Waals surface area (Å²) in [5.74, 6) is 0.586. The lowest BCUT2D eigenvalue weighted by atomic mass is 10.0. The number of rotatable bonds is 3. The summed E-state index contributed by atoms with van der Waals surface area (Å²) in [5, 5.41) is 0. The molecule has 27 heavy (non-hydrogen) atoms. The molecule has 3 rings (SSSR count). The summed E-state index contributed by atoms with van der Waals surface area (Å²) in [7, 11) is 0. The van der Waals surface area contributed by atoms with Crippen molar-refractivity contribution in [2.45, 2.75) is 40.5 Å². The summed E-state index contributed by atoms with van der Waals surface area (Å²) in [5.41, 5.74) is 5.15. The van der Waals surface area contributed by atoms with Gasteiger partial charge in [0.25, 0.3) is 5.91 Å². The Kier molecular flexibility index (Phi) is 5.40. The molecule has 0 radical (unpaired) electrons. The second-order valence-electron chi connectivity index (χ2n) is 7.67. The molecule has 1 aliphatic rings. The summed E-state index contributed by atoms with van der Waals surface area (Å²) in [6, 6.07) is 10.5. The molecule has 5 nitrogen and oxygen atoms in total. The van der Waals surface area contributed by atoms with E-state index >= 15 is 0 Å². The summed E-state index contributed by atoms with van der Waals surface area (Å²) >= 11 is 0. The summed E-state index contributed by atoms with van der Waals surface area (Å²) < 4.78 is 2.16. The molecule has 2 amide bonds. The van der Waals surface area contributed by atoms with Crippen LogP contribution in [0.2, 0.25) is 0 Å². The van der Waals surface area contributed by atoms with Gasteiger partial charge >= 0.3 is 0 Å². The minimum atomic E-state index is 0.0533. The summed E-state index contributed by atoms with van der Waals surface area (Å²) in [6.45, 7) is 12.4. The quantitative estimate of drug-likeness (QED) is 0.833. The average molecular weight is 367 g/mol. The van der Waals surface area contributed by atoms with Crippen molar-refractivity contribution < 1.29 is 9.59 Å². The second kappa shape index (κ2) is 7.59. The molecular weight excluding hydrogens is 338 g/mol. The molecule has 1 aliphatic heterocycles. The fraction of sp³-hybridized carbons (Fsp3) is 0.455. The van der Waals surface area contributed by atoms with Crippen molar-refractivity contribution in [3.63, 3.8) is 0 Å². The molecule has 0 N–H and O–H groups in total. The highest BCUT2D eigenvalue weighted by molar-refractivity contribution is 5.96. The zero-order valence-electron chi connectivity index (χ0n) is 17.0. The molecular formula is C22H29N3O2. The molecule has 0 aliphatic carbocycles. The van der Waals surface area contributed by atoms with Crippen molar-refractivity contribution in [1.82, 2.24) is 14.4 Å². The van der Waals surface area contributed by atoms with Crippen LogP contribution in [0.3, 0.4) is 0 Å². The van der Waals surface area contributed by atoms with E-state index in [0.29, 0.717) is 32.1 Å². The highest BCUT2D eigenvalue weighted by Gasteiger charge is 2.26. The predicted octanol–water partition coefficient (Wildman–Crippen LogP) is 3.52. The minimum Gasteiger partial charge on any atom is -0.339 e. The van der Waals surface area contributed by atoms with E-state index in [9.17, 15) is 9.59 Å². The second-order valence-corrected chi connectivity index (χ2v) is 7.67. The van der Waals surface area contributed by atoms with Gasteiger partial charge in [0.2, 0.25) is 5.91 Å². The number of amides is 2. The first kappa shape index (κ1) is 19.2. The Morgan fingerprint density at radius 2 is 1.59 bits per heavy atom.